The maximum absolute atomic E-state index is 10.5. The number of aliphatic hydroxyl groups is 1. The van der Waals surface area contributed by atoms with Gasteiger partial charge in [0.15, 0.2) is 0 Å². The highest BCUT2D eigenvalue weighted by molar-refractivity contribution is 6.30. The first-order chi connectivity index (χ1) is 12.6. The molecule has 3 N–H and O–H groups in total. The van der Waals surface area contributed by atoms with E-state index in [-0.39, 0.29) is 18.1 Å². The summed E-state index contributed by atoms with van der Waals surface area (Å²) in [6.45, 7) is 0.182. The van der Waals surface area contributed by atoms with Crippen molar-refractivity contribution in [1.29, 1.82) is 5.41 Å². The molecular weight excluding hydrogens is 332 g/mol. The molecule has 7 heteroatoms. The van der Waals surface area contributed by atoms with Gasteiger partial charge in [0.05, 0.1) is 43.1 Å². The van der Waals surface area contributed by atoms with Crippen LogP contribution in [-0.2, 0) is 0 Å². The molecule has 1 aliphatic rings. The SMILES string of the molecule is COc1cc(OC)cc(N2CC(O)=C(c3nc4ccccc4[nH]3)C2=N)c1. The molecular formula is C19H18N4O3. The van der Waals surface area contributed by atoms with Crippen LogP contribution in [0.3, 0.4) is 0 Å². The summed E-state index contributed by atoms with van der Waals surface area (Å²) in [5.41, 5.74) is 2.74. The van der Waals surface area contributed by atoms with Crippen LogP contribution in [0.15, 0.2) is 48.2 Å². The fourth-order valence-corrected chi connectivity index (χ4v) is 3.07. The number of amidine groups is 1. The Labute approximate surface area is 150 Å². The number of anilines is 1. The van der Waals surface area contributed by atoms with Crippen LogP contribution in [0.1, 0.15) is 5.82 Å². The van der Waals surface area contributed by atoms with E-state index in [9.17, 15) is 5.11 Å². The van der Waals surface area contributed by atoms with Crippen molar-refractivity contribution in [2.75, 3.05) is 25.7 Å². The first kappa shape index (κ1) is 16.0. The molecule has 0 saturated heterocycles. The van der Waals surface area contributed by atoms with Crippen molar-refractivity contribution in [1.82, 2.24) is 9.97 Å². The zero-order valence-corrected chi connectivity index (χ0v) is 14.4. The summed E-state index contributed by atoms with van der Waals surface area (Å²) in [7, 11) is 3.15. The van der Waals surface area contributed by atoms with Gasteiger partial charge < -0.3 is 24.5 Å². The number of nitrogens with one attached hydrogen (secondary N) is 2. The van der Waals surface area contributed by atoms with Gasteiger partial charge in [-0.3, -0.25) is 5.41 Å². The molecule has 0 bridgehead atoms. The summed E-state index contributed by atoms with van der Waals surface area (Å²) < 4.78 is 10.6. The largest absolute Gasteiger partial charge is 0.509 e. The van der Waals surface area contributed by atoms with Gasteiger partial charge in [0.2, 0.25) is 0 Å². The lowest BCUT2D eigenvalue weighted by atomic mass is 10.2. The van der Waals surface area contributed by atoms with E-state index in [0.29, 0.717) is 28.6 Å². The van der Waals surface area contributed by atoms with Crippen molar-refractivity contribution in [3.63, 3.8) is 0 Å². The lowest BCUT2D eigenvalue weighted by Gasteiger charge is -2.20. The summed E-state index contributed by atoms with van der Waals surface area (Å²) in [6.07, 6.45) is 0. The summed E-state index contributed by atoms with van der Waals surface area (Å²) in [4.78, 5) is 9.35. The van der Waals surface area contributed by atoms with E-state index in [1.807, 2.05) is 24.3 Å². The fourth-order valence-electron chi connectivity index (χ4n) is 3.07. The van der Waals surface area contributed by atoms with E-state index >= 15 is 0 Å². The molecule has 4 rings (SSSR count). The molecule has 0 spiro atoms. The number of aromatic nitrogens is 2. The zero-order valence-electron chi connectivity index (χ0n) is 14.4. The van der Waals surface area contributed by atoms with Crippen molar-refractivity contribution >= 4 is 28.1 Å². The molecule has 3 aromatic rings. The Morgan fingerprint density at radius 1 is 1.12 bits per heavy atom. The molecule has 0 fully saturated rings. The number of hydrogen-bond donors (Lipinski definition) is 3. The monoisotopic (exact) mass is 350 g/mol. The van der Waals surface area contributed by atoms with E-state index in [2.05, 4.69) is 9.97 Å². The number of ether oxygens (including phenoxy) is 2. The average Bonchev–Trinajstić information content (AvgIpc) is 3.21. The van der Waals surface area contributed by atoms with Gasteiger partial charge in [-0.1, -0.05) is 12.1 Å². The number of rotatable bonds is 4. The van der Waals surface area contributed by atoms with Gasteiger partial charge in [-0.15, -0.1) is 0 Å². The molecule has 132 valence electrons. The molecule has 2 aromatic carbocycles. The van der Waals surface area contributed by atoms with E-state index in [4.69, 9.17) is 14.9 Å². The number of aromatic amines is 1. The second-order valence-corrected chi connectivity index (χ2v) is 5.93. The Morgan fingerprint density at radius 3 is 2.46 bits per heavy atom. The van der Waals surface area contributed by atoms with Crippen LogP contribution in [0, 0.1) is 5.41 Å². The van der Waals surface area contributed by atoms with E-state index in [1.165, 1.54) is 0 Å². The second kappa shape index (κ2) is 6.11. The fraction of sp³-hybridized carbons (Fsp3) is 0.158. The van der Waals surface area contributed by atoms with Crippen LogP contribution in [-0.4, -0.2) is 41.7 Å². The number of fused-ring (bicyclic) bond motifs is 1. The normalized spacial score (nSPS) is 14.4. The number of imidazole rings is 1. The second-order valence-electron chi connectivity index (χ2n) is 5.93. The summed E-state index contributed by atoms with van der Waals surface area (Å²) in [6, 6.07) is 13.0. The third-order valence-electron chi connectivity index (χ3n) is 4.38. The third-order valence-corrected chi connectivity index (χ3v) is 4.38. The molecule has 0 atom stereocenters. The molecule has 0 radical (unpaired) electrons. The highest BCUT2D eigenvalue weighted by atomic mass is 16.5. The van der Waals surface area contributed by atoms with E-state index in [1.54, 1.807) is 37.3 Å². The van der Waals surface area contributed by atoms with Gasteiger partial charge in [0, 0.05) is 18.2 Å². The highest BCUT2D eigenvalue weighted by Gasteiger charge is 2.31. The molecule has 26 heavy (non-hydrogen) atoms. The summed E-state index contributed by atoms with van der Waals surface area (Å²) in [5.74, 6) is 1.96. The average molecular weight is 350 g/mol. The van der Waals surface area contributed by atoms with Crippen molar-refractivity contribution in [2.45, 2.75) is 0 Å². The number of H-pyrrole nitrogens is 1. The van der Waals surface area contributed by atoms with Gasteiger partial charge in [0.1, 0.15) is 28.9 Å². The van der Waals surface area contributed by atoms with Gasteiger partial charge in [-0.25, -0.2) is 4.98 Å². The maximum atomic E-state index is 10.5. The Hall–Kier alpha value is -3.48. The Morgan fingerprint density at radius 2 is 1.81 bits per heavy atom. The molecule has 0 unspecified atom stereocenters. The Balaban J connectivity index is 1.72. The Kier molecular flexibility index (Phi) is 3.76. The quantitative estimate of drug-likeness (QED) is 0.671. The van der Waals surface area contributed by atoms with Gasteiger partial charge in [0.25, 0.3) is 0 Å². The molecule has 1 aromatic heterocycles. The lowest BCUT2D eigenvalue weighted by molar-refractivity contribution is 0.394. The van der Waals surface area contributed by atoms with Gasteiger partial charge in [-0.2, -0.15) is 0 Å². The van der Waals surface area contributed by atoms with Crippen LogP contribution in [0.4, 0.5) is 5.69 Å². The predicted molar refractivity (Wildman–Crippen MR) is 100 cm³/mol. The standard InChI is InChI=1S/C19H18N4O3/c1-25-12-7-11(8-13(9-12)26-2)23-10-16(24)17(18(23)20)19-21-14-5-3-4-6-15(14)22-19/h3-9,20,24H,10H2,1-2H3,(H,21,22). The van der Waals surface area contributed by atoms with Crippen molar-refractivity contribution in [2.24, 2.45) is 0 Å². The van der Waals surface area contributed by atoms with Crippen molar-refractivity contribution in [3.05, 3.63) is 54.0 Å². The van der Waals surface area contributed by atoms with E-state index < -0.39 is 0 Å². The molecule has 0 aliphatic carbocycles. The van der Waals surface area contributed by atoms with Crippen molar-refractivity contribution in [3.8, 4) is 11.5 Å². The predicted octanol–water partition coefficient (Wildman–Crippen LogP) is 3.35. The van der Waals surface area contributed by atoms with Crippen LogP contribution < -0.4 is 14.4 Å². The first-order valence-corrected chi connectivity index (χ1v) is 8.07. The molecule has 0 saturated carbocycles. The maximum Gasteiger partial charge on any atom is 0.145 e. The van der Waals surface area contributed by atoms with Crippen LogP contribution in [0.2, 0.25) is 0 Å². The lowest BCUT2D eigenvalue weighted by Crippen LogP contribution is -2.26. The molecule has 2 heterocycles. The summed E-state index contributed by atoms with van der Waals surface area (Å²) >= 11 is 0. The number of benzene rings is 2. The van der Waals surface area contributed by atoms with Crippen molar-refractivity contribution < 1.29 is 14.6 Å². The number of nitrogens with zero attached hydrogens (tertiary/aromatic N) is 2. The number of methoxy groups -OCH3 is 2. The number of hydrogen-bond acceptors (Lipinski definition) is 5. The molecule has 0 amide bonds. The third kappa shape index (κ3) is 2.54. The van der Waals surface area contributed by atoms with Crippen LogP contribution >= 0.6 is 0 Å². The minimum absolute atomic E-state index is 0.0934. The first-order valence-electron chi connectivity index (χ1n) is 8.07. The topological polar surface area (TPSA) is 94.5 Å². The van der Waals surface area contributed by atoms with Crippen LogP contribution in [0.5, 0.6) is 11.5 Å². The molecule has 7 nitrogen and oxygen atoms in total. The summed E-state index contributed by atoms with van der Waals surface area (Å²) in [5, 5.41) is 19.1. The highest BCUT2D eigenvalue weighted by Crippen LogP contribution is 2.34. The number of aliphatic hydroxyl groups excluding tert-OH is 1. The minimum Gasteiger partial charge on any atom is -0.509 e. The Bertz CT molecular complexity index is 983. The smallest absolute Gasteiger partial charge is 0.145 e. The van der Waals surface area contributed by atoms with Gasteiger partial charge >= 0.3 is 0 Å². The minimum atomic E-state index is 0.0934. The zero-order chi connectivity index (χ0) is 18.3. The van der Waals surface area contributed by atoms with E-state index in [0.717, 1.165) is 11.0 Å². The number of para-hydroxylation sites is 2. The molecule has 1 aliphatic heterocycles. The van der Waals surface area contributed by atoms with Gasteiger partial charge in [-0.05, 0) is 12.1 Å². The van der Waals surface area contributed by atoms with Crippen LogP contribution in [0.25, 0.3) is 16.6 Å².